The Kier molecular flexibility index (Phi) is 4.47. The Morgan fingerprint density at radius 1 is 1.19 bits per heavy atom. The number of hydrogen-bond acceptors (Lipinski definition) is 3. The molecule has 1 aliphatic rings. The molecule has 0 saturated heterocycles. The summed E-state index contributed by atoms with van der Waals surface area (Å²) >= 11 is 6.18. The maximum atomic E-state index is 10.7. The molecule has 0 atom stereocenters. The third-order valence-electron chi connectivity index (χ3n) is 4.48. The Morgan fingerprint density at radius 2 is 2.04 bits per heavy atom. The summed E-state index contributed by atoms with van der Waals surface area (Å²) in [6, 6.07) is 12.8. The molecule has 0 unspecified atom stereocenters. The number of rotatable bonds is 6. The first-order chi connectivity index (χ1) is 12.6. The zero-order valence-corrected chi connectivity index (χ0v) is 14.8. The third-order valence-corrected chi connectivity index (χ3v) is 4.72. The van der Waals surface area contributed by atoms with Crippen molar-refractivity contribution in [2.24, 2.45) is 5.92 Å². The van der Waals surface area contributed by atoms with E-state index in [0.29, 0.717) is 23.2 Å². The van der Waals surface area contributed by atoms with E-state index in [0.717, 1.165) is 28.8 Å². The largest absolute Gasteiger partial charge is 0.511 e. The van der Waals surface area contributed by atoms with E-state index in [1.165, 1.54) is 12.8 Å². The van der Waals surface area contributed by atoms with Crippen LogP contribution in [0.3, 0.4) is 0 Å². The maximum absolute atomic E-state index is 10.7. The summed E-state index contributed by atoms with van der Waals surface area (Å²) in [6.45, 7) is 1.36. The number of halogens is 1. The highest BCUT2D eigenvalue weighted by atomic mass is 35.5. The number of nitrogens with zero attached hydrogens (tertiary/aromatic N) is 1. The van der Waals surface area contributed by atoms with Gasteiger partial charge in [-0.1, -0.05) is 11.6 Å². The molecule has 1 aliphatic carbocycles. The van der Waals surface area contributed by atoms with E-state index in [2.05, 4.69) is 4.57 Å². The molecule has 2 aromatic carbocycles. The highest BCUT2D eigenvalue weighted by molar-refractivity contribution is 6.30. The summed E-state index contributed by atoms with van der Waals surface area (Å²) in [5.41, 5.74) is 2.00. The van der Waals surface area contributed by atoms with Crippen molar-refractivity contribution >= 4 is 28.7 Å². The summed E-state index contributed by atoms with van der Waals surface area (Å²) in [5.74, 6) is 1.84. The molecule has 26 heavy (non-hydrogen) atoms. The Balaban J connectivity index is 1.60. The zero-order valence-electron chi connectivity index (χ0n) is 14.0. The first kappa shape index (κ1) is 16.8. The molecule has 1 N–H and O–H groups in total. The van der Waals surface area contributed by atoms with Crippen LogP contribution in [0, 0.1) is 5.92 Å². The predicted molar refractivity (Wildman–Crippen MR) is 99.4 cm³/mol. The van der Waals surface area contributed by atoms with Gasteiger partial charge in [0.15, 0.2) is 0 Å². The molecule has 1 heterocycles. The highest BCUT2D eigenvalue weighted by Crippen LogP contribution is 2.32. The third kappa shape index (κ3) is 3.78. The van der Waals surface area contributed by atoms with Gasteiger partial charge >= 0.3 is 6.16 Å². The number of hydrogen-bond donors (Lipinski definition) is 1. The Hall–Kier alpha value is -2.66. The fourth-order valence-corrected chi connectivity index (χ4v) is 3.16. The van der Waals surface area contributed by atoms with Gasteiger partial charge in [-0.15, -0.1) is 0 Å². The number of carboxylic acid groups (broad SMARTS) is 1. The second-order valence-corrected chi connectivity index (χ2v) is 6.98. The van der Waals surface area contributed by atoms with Crippen LogP contribution in [0.4, 0.5) is 4.79 Å². The van der Waals surface area contributed by atoms with E-state index in [-0.39, 0.29) is 0 Å². The molecule has 5 nitrogen and oxygen atoms in total. The quantitative estimate of drug-likeness (QED) is 0.478. The number of fused-ring (bicyclic) bond motifs is 1. The second kappa shape index (κ2) is 6.92. The van der Waals surface area contributed by atoms with Gasteiger partial charge in [-0.25, -0.2) is 4.79 Å². The average Bonchev–Trinajstić information content (AvgIpc) is 3.35. The van der Waals surface area contributed by atoms with Crippen LogP contribution in [0.15, 0.2) is 48.7 Å². The lowest BCUT2D eigenvalue weighted by atomic mass is 10.2. The summed E-state index contributed by atoms with van der Waals surface area (Å²) in [5, 5.41) is 10.3. The van der Waals surface area contributed by atoms with E-state index in [1.807, 2.05) is 36.5 Å². The van der Waals surface area contributed by atoms with Crippen LogP contribution in [0.5, 0.6) is 11.5 Å². The molecule has 4 rings (SSSR count). The van der Waals surface area contributed by atoms with Crippen molar-refractivity contribution in [3.05, 3.63) is 59.2 Å². The minimum atomic E-state index is -1.32. The Labute approximate surface area is 155 Å². The number of benzene rings is 2. The van der Waals surface area contributed by atoms with Crippen molar-refractivity contribution in [3.63, 3.8) is 0 Å². The second-order valence-electron chi connectivity index (χ2n) is 6.54. The molecule has 0 spiro atoms. The normalized spacial score (nSPS) is 13.7. The summed E-state index contributed by atoms with van der Waals surface area (Å²) < 4.78 is 12.8. The van der Waals surface area contributed by atoms with Gasteiger partial charge in [0, 0.05) is 27.7 Å². The van der Waals surface area contributed by atoms with Gasteiger partial charge in [0.1, 0.15) is 11.5 Å². The molecule has 6 heteroatoms. The first-order valence-electron chi connectivity index (χ1n) is 8.49. The van der Waals surface area contributed by atoms with Gasteiger partial charge in [0.25, 0.3) is 0 Å². The van der Waals surface area contributed by atoms with Crippen molar-refractivity contribution in [1.29, 1.82) is 0 Å². The molecular weight excluding hydrogens is 354 g/mol. The molecule has 1 aromatic heterocycles. The van der Waals surface area contributed by atoms with Crippen molar-refractivity contribution in [1.82, 2.24) is 4.57 Å². The van der Waals surface area contributed by atoms with Gasteiger partial charge in [0.2, 0.25) is 0 Å². The minimum absolute atomic E-state index is 0.305. The van der Waals surface area contributed by atoms with E-state index in [1.54, 1.807) is 12.1 Å². The Morgan fingerprint density at radius 3 is 2.81 bits per heavy atom. The first-order valence-corrected chi connectivity index (χ1v) is 8.87. The van der Waals surface area contributed by atoms with E-state index in [9.17, 15) is 4.79 Å². The van der Waals surface area contributed by atoms with Gasteiger partial charge in [-0.3, -0.25) is 0 Å². The van der Waals surface area contributed by atoms with Crippen LogP contribution in [-0.2, 0) is 6.54 Å². The van der Waals surface area contributed by atoms with Crippen LogP contribution in [-0.4, -0.2) is 22.4 Å². The standard InChI is InChI=1S/C20H18ClNO4/c21-16-3-6-19(25-12-13-1-2-13)15(9-16)11-22-8-7-14-10-17(26-20(23)24)4-5-18(14)22/h3-10,13H,1-2,11-12H2,(H,23,24). The van der Waals surface area contributed by atoms with Crippen LogP contribution in [0.2, 0.25) is 5.02 Å². The molecular formula is C20H18ClNO4. The van der Waals surface area contributed by atoms with E-state index in [4.69, 9.17) is 26.2 Å². The van der Waals surface area contributed by atoms with Gasteiger partial charge in [0.05, 0.1) is 13.2 Å². The topological polar surface area (TPSA) is 60.7 Å². The van der Waals surface area contributed by atoms with E-state index < -0.39 is 6.16 Å². The molecule has 134 valence electrons. The van der Waals surface area contributed by atoms with Crippen LogP contribution < -0.4 is 9.47 Å². The molecule has 0 radical (unpaired) electrons. The summed E-state index contributed by atoms with van der Waals surface area (Å²) in [7, 11) is 0. The van der Waals surface area contributed by atoms with Crippen molar-refractivity contribution < 1.29 is 19.4 Å². The smallest absolute Gasteiger partial charge is 0.493 e. The fraction of sp³-hybridized carbons (Fsp3) is 0.250. The highest BCUT2D eigenvalue weighted by Gasteiger charge is 2.22. The fourth-order valence-electron chi connectivity index (χ4n) is 2.97. The van der Waals surface area contributed by atoms with E-state index >= 15 is 0 Å². The van der Waals surface area contributed by atoms with Crippen molar-refractivity contribution in [2.45, 2.75) is 19.4 Å². The lowest BCUT2D eigenvalue weighted by Gasteiger charge is -2.13. The molecule has 1 fully saturated rings. The van der Waals surface area contributed by atoms with Gasteiger partial charge < -0.3 is 19.1 Å². The number of carbonyl (C=O) groups is 1. The SMILES string of the molecule is O=C(O)Oc1ccc2c(ccn2Cc2cc(Cl)ccc2OCC2CC2)c1. The number of aromatic nitrogens is 1. The number of ether oxygens (including phenoxy) is 2. The van der Waals surface area contributed by atoms with Gasteiger partial charge in [-0.2, -0.15) is 0 Å². The molecule has 0 aliphatic heterocycles. The van der Waals surface area contributed by atoms with Crippen molar-refractivity contribution in [2.75, 3.05) is 6.61 Å². The molecule has 1 saturated carbocycles. The van der Waals surface area contributed by atoms with Crippen molar-refractivity contribution in [3.8, 4) is 11.5 Å². The maximum Gasteiger partial charge on any atom is 0.511 e. The van der Waals surface area contributed by atoms with Crippen LogP contribution >= 0.6 is 11.6 Å². The molecule has 0 bridgehead atoms. The lowest BCUT2D eigenvalue weighted by Crippen LogP contribution is -2.05. The Bertz CT molecular complexity index is 962. The van der Waals surface area contributed by atoms with Crippen LogP contribution in [0.25, 0.3) is 10.9 Å². The summed E-state index contributed by atoms with van der Waals surface area (Å²) in [4.78, 5) is 10.7. The van der Waals surface area contributed by atoms with Crippen LogP contribution in [0.1, 0.15) is 18.4 Å². The molecule has 0 amide bonds. The lowest BCUT2D eigenvalue weighted by molar-refractivity contribution is 0.144. The average molecular weight is 372 g/mol. The molecule has 3 aromatic rings. The zero-order chi connectivity index (χ0) is 18.1. The monoisotopic (exact) mass is 371 g/mol. The predicted octanol–water partition coefficient (Wildman–Crippen LogP) is 5.19. The minimum Gasteiger partial charge on any atom is -0.493 e. The summed E-state index contributed by atoms with van der Waals surface area (Å²) in [6.07, 6.45) is 3.12. The van der Waals surface area contributed by atoms with Gasteiger partial charge in [-0.05, 0) is 61.2 Å².